The van der Waals surface area contributed by atoms with E-state index >= 15 is 0 Å². The van der Waals surface area contributed by atoms with Crippen molar-refractivity contribution in [2.45, 2.75) is 6.61 Å². The molecule has 0 aliphatic carbocycles. The van der Waals surface area contributed by atoms with E-state index in [1.165, 1.54) is 6.07 Å². The smallest absolute Gasteiger partial charge is 0.271 e. The summed E-state index contributed by atoms with van der Waals surface area (Å²) in [6.45, 7) is 0.424. The standard InChI is InChI=1S/C13H9BrClNO2/c14-12-7-10(6-11(16-12)13(15)17)18-8-9-4-2-1-3-5-9/h1-7H,8H2. The molecular formula is C13H9BrClNO2. The third-order valence-corrected chi connectivity index (χ3v) is 2.82. The lowest BCUT2D eigenvalue weighted by Crippen LogP contribution is -1.99. The van der Waals surface area contributed by atoms with Crippen molar-refractivity contribution in [1.29, 1.82) is 0 Å². The number of pyridine rings is 1. The average molecular weight is 327 g/mol. The molecule has 0 saturated heterocycles. The first-order valence-corrected chi connectivity index (χ1v) is 6.36. The monoisotopic (exact) mass is 325 g/mol. The zero-order valence-corrected chi connectivity index (χ0v) is 11.6. The second-order valence-electron chi connectivity index (χ2n) is 3.56. The van der Waals surface area contributed by atoms with Crippen LogP contribution in [0.1, 0.15) is 16.1 Å². The van der Waals surface area contributed by atoms with Gasteiger partial charge in [-0.3, -0.25) is 4.79 Å². The molecule has 1 heterocycles. The molecule has 18 heavy (non-hydrogen) atoms. The largest absolute Gasteiger partial charge is 0.489 e. The number of ether oxygens (including phenoxy) is 1. The van der Waals surface area contributed by atoms with Crippen molar-refractivity contribution in [3.8, 4) is 5.75 Å². The maximum Gasteiger partial charge on any atom is 0.271 e. The Labute approximate surface area is 118 Å². The Morgan fingerprint density at radius 2 is 2.00 bits per heavy atom. The van der Waals surface area contributed by atoms with Crippen LogP contribution in [0.3, 0.4) is 0 Å². The normalized spacial score (nSPS) is 10.1. The number of carbonyl (C=O) groups excluding carboxylic acids is 1. The highest BCUT2D eigenvalue weighted by molar-refractivity contribution is 9.10. The molecule has 0 bridgehead atoms. The topological polar surface area (TPSA) is 39.2 Å². The maximum absolute atomic E-state index is 11.1. The van der Waals surface area contributed by atoms with Crippen molar-refractivity contribution in [2.24, 2.45) is 0 Å². The van der Waals surface area contributed by atoms with Crippen LogP contribution in [0.5, 0.6) is 5.75 Å². The second kappa shape index (κ2) is 5.98. The van der Waals surface area contributed by atoms with E-state index in [1.54, 1.807) is 6.07 Å². The summed E-state index contributed by atoms with van der Waals surface area (Å²) in [4.78, 5) is 15.0. The Bertz CT molecular complexity index is 560. The van der Waals surface area contributed by atoms with E-state index in [0.717, 1.165) is 5.56 Å². The van der Waals surface area contributed by atoms with Gasteiger partial charge in [-0.1, -0.05) is 30.3 Å². The summed E-state index contributed by atoms with van der Waals surface area (Å²) in [7, 11) is 0. The molecular weight excluding hydrogens is 318 g/mol. The first-order valence-electron chi connectivity index (χ1n) is 5.19. The molecule has 2 rings (SSSR count). The Morgan fingerprint density at radius 1 is 1.28 bits per heavy atom. The van der Waals surface area contributed by atoms with Crippen LogP contribution in [0.15, 0.2) is 47.1 Å². The van der Waals surface area contributed by atoms with Gasteiger partial charge in [0.05, 0.1) is 0 Å². The molecule has 0 atom stereocenters. The summed E-state index contributed by atoms with van der Waals surface area (Å²) < 4.78 is 6.09. The molecule has 0 radical (unpaired) electrons. The van der Waals surface area contributed by atoms with E-state index in [2.05, 4.69) is 20.9 Å². The van der Waals surface area contributed by atoms with E-state index < -0.39 is 5.24 Å². The number of hydrogen-bond donors (Lipinski definition) is 0. The summed E-state index contributed by atoms with van der Waals surface area (Å²) >= 11 is 8.59. The average Bonchev–Trinajstić information content (AvgIpc) is 2.37. The summed E-state index contributed by atoms with van der Waals surface area (Å²) in [5.74, 6) is 0.546. The summed E-state index contributed by atoms with van der Waals surface area (Å²) in [5.41, 5.74) is 1.21. The molecule has 0 spiro atoms. The van der Waals surface area contributed by atoms with Gasteiger partial charge in [0.15, 0.2) is 0 Å². The van der Waals surface area contributed by atoms with Crippen LogP contribution in [0.4, 0.5) is 0 Å². The van der Waals surface area contributed by atoms with Crippen LogP contribution in [0.2, 0.25) is 0 Å². The summed E-state index contributed by atoms with van der Waals surface area (Å²) in [6, 6.07) is 12.9. The van der Waals surface area contributed by atoms with Gasteiger partial charge in [-0.25, -0.2) is 4.98 Å². The number of hydrogen-bond acceptors (Lipinski definition) is 3. The highest BCUT2D eigenvalue weighted by atomic mass is 79.9. The second-order valence-corrected chi connectivity index (χ2v) is 4.71. The Hall–Kier alpha value is -1.39. The van der Waals surface area contributed by atoms with Crippen LogP contribution in [-0.4, -0.2) is 10.2 Å². The minimum Gasteiger partial charge on any atom is -0.489 e. The van der Waals surface area contributed by atoms with Gasteiger partial charge < -0.3 is 4.74 Å². The fourth-order valence-corrected chi connectivity index (χ4v) is 1.91. The number of carbonyl (C=O) groups is 1. The van der Waals surface area contributed by atoms with E-state index in [9.17, 15) is 4.79 Å². The quantitative estimate of drug-likeness (QED) is 0.633. The van der Waals surface area contributed by atoms with Crippen molar-refractivity contribution in [1.82, 2.24) is 4.98 Å². The van der Waals surface area contributed by atoms with Gasteiger partial charge >= 0.3 is 0 Å². The molecule has 0 aliphatic heterocycles. The van der Waals surface area contributed by atoms with E-state index in [0.29, 0.717) is 17.0 Å². The van der Waals surface area contributed by atoms with Crippen molar-refractivity contribution in [3.05, 3.63) is 58.3 Å². The van der Waals surface area contributed by atoms with Crippen LogP contribution in [-0.2, 0) is 6.61 Å². The first kappa shape index (κ1) is 13.1. The fraction of sp³-hybridized carbons (Fsp3) is 0.0769. The van der Waals surface area contributed by atoms with Crippen LogP contribution in [0.25, 0.3) is 0 Å². The van der Waals surface area contributed by atoms with Gasteiger partial charge in [-0.15, -0.1) is 0 Å². The molecule has 0 unspecified atom stereocenters. The number of benzene rings is 1. The molecule has 5 heteroatoms. The fourth-order valence-electron chi connectivity index (χ4n) is 1.40. The summed E-state index contributed by atoms with van der Waals surface area (Å²) in [6.07, 6.45) is 0. The number of rotatable bonds is 4. The third kappa shape index (κ3) is 3.55. The highest BCUT2D eigenvalue weighted by Gasteiger charge is 2.08. The van der Waals surface area contributed by atoms with Crippen molar-refractivity contribution in [2.75, 3.05) is 0 Å². The van der Waals surface area contributed by atoms with E-state index in [4.69, 9.17) is 16.3 Å². The Morgan fingerprint density at radius 3 is 2.67 bits per heavy atom. The lowest BCUT2D eigenvalue weighted by Gasteiger charge is -2.07. The van der Waals surface area contributed by atoms with Crippen LogP contribution < -0.4 is 4.74 Å². The van der Waals surface area contributed by atoms with Crippen LogP contribution >= 0.6 is 27.5 Å². The highest BCUT2D eigenvalue weighted by Crippen LogP contribution is 2.20. The SMILES string of the molecule is O=C(Cl)c1cc(OCc2ccccc2)cc(Br)n1. The lowest BCUT2D eigenvalue weighted by molar-refractivity contribution is 0.107. The zero-order valence-electron chi connectivity index (χ0n) is 9.27. The Balaban J connectivity index is 2.12. The minimum absolute atomic E-state index is 0.161. The molecule has 0 aliphatic rings. The lowest BCUT2D eigenvalue weighted by atomic mass is 10.2. The van der Waals surface area contributed by atoms with Gasteiger partial charge in [-0.2, -0.15) is 0 Å². The molecule has 1 aromatic carbocycles. The van der Waals surface area contributed by atoms with E-state index in [-0.39, 0.29) is 5.69 Å². The third-order valence-electron chi connectivity index (χ3n) is 2.22. The predicted octanol–water partition coefficient (Wildman–Crippen LogP) is 3.80. The van der Waals surface area contributed by atoms with Gasteiger partial charge in [0, 0.05) is 12.1 Å². The molecule has 0 saturated carbocycles. The molecule has 0 N–H and O–H groups in total. The first-order chi connectivity index (χ1) is 8.65. The summed E-state index contributed by atoms with van der Waals surface area (Å²) in [5, 5.41) is -0.610. The predicted molar refractivity (Wildman–Crippen MR) is 72.9 cm³/mol. The van der Waals surface area contributed by atoms with Crippen molar-refractivity contribution < 1.29 is 9.53 Å². The Kier molecular flexibility index (Phi) is 4.33. The minimum atomic E-state index is -0.610. The van der Waals surface area contributed by atoms with Crippen molar-refractivity contribution in [3.63, 3.8) is 0 Å². The van der Waals surface area contributed by atoms with Gasteiger partial charge in [0.25, 0.3) is 5.24 Å². The molecule has 92 valence electrons. The molecule has 3 nitrogen and oxygen atoms in total. The molecule has 0 fully saturated rings. The van der Waals surface area contributed by atoms with Crippen LogP contribution in [0, 0.1) is 0 Å². The number of halogens is 2. The maximum atomic E-state index is 11.1. The van der Waals surface area contributed by atoms with Gasteiger partial charge in [0.2, 0.25) is 0 Å². The number of nitrogens with zero attached hydrogens (tertiary/aromatic N) is 1. The van der Waals surface area contributed by atoms with Gasteiger partial charge in [0.1, 0.15) is 22.7 Å². The zero-order chi connectivity index (χ0) is 13.0. The van der Waals surface area contributed by atoms with Crippen molar-refractivity contribution >= 4 is 32.8 Å². The molecule has 1 aromatic heterocycles. The molecule has 2 aromatic rings. The number of aromatic nitrogens is 1. The van der Waals surface area contributed by atoms with Gasteiger partial charge in [-0.05, 0) is 33.1 Å². The van der Waals surface area contributed by atoms with E-state index in [1.807, 2.05) is 30.3 Å². The molecule has 0 amide bonds.